The van der Waals surface area contributed by atoms with Crippen molar-refractivity contribution in [2.45, 2.75) is 64.6 Å². The van der Waals surface area contributed by atoms with Gasteiger partial charge in [0.1, 0.15) is 0 Å². The van der Waals surface area contributed by atoms with E-state index >= 15 is 0 Å². The van der Waals surface area contributed by atoms with Gasteiger partial charge < -0.3 is 15.7 Å². The van der Waals surface area contributed by atoms with Crippen LogP contribution in [-0.4, -0.2) is 41.1 Å². The van der Waals surface area contributed by atoms with Crippen molar-refractivity contribution in [1.82, 2.24) is 4.90 Å². The molecule has 1 amide bonds. The number of hydrogen-bond donors (Lipinski definition) is 2. The molecule has 3 atom stereocenters. The third kappa shape index (κ3) is 3.42. The number of hydrogen-bond acceptors (Lipinski definition) is 3. The van der Waals surface area contributed by atoms with Crippen LogP contribution in [0, 0.1) is 5.41 Å². The molecular formula is C13H26N2O2. The Morgan fingerprint density at radius 3 is 2.35 bits per heavy atom. The number of amides is 1. The van der Waals surface area contributed by atoms with Gasteiger partial charge >= 0.3 is 0 Å². The van der Waals surface area contributed by atoms with Gasteiger partial charge in [-0.3, -0.25) is 4.79 Å². The van der Waals surface area contributed by atoms with Crippen LogP contribution >= 0.6 is 0 Å². The Labute approximate surface area is 104 Å². The molecule has 17 heavy (non-hydrogen) atoms. The number of carbonyl (C=O) groups excluding carboxylic acids is 1. The first-order valence-corrected chi connectivity index (χ1v) is 6.45. The summed E-state index contributed by atoms with van der Waals surface area (Å²) in [6.07, 6.45) is 3.38. The molecule has 1 aliphatic rings. The number of likely N-dealkylation sites (N-methyl/N-ethyl adjacent to an activating group) is 1. The smallest absolute Gasteiger partial charge is 0.240 e. The molecule has 0 aliphatic heterocycles. The molecule has 1 aliphatic carbocycles. The standard InChI is InChI=1S/C13H26N2O2/c1-13(2,3)11(14)12(17)15(4)9-7-5-6-8-10(9)16/h9-11,16H,5-8,14H2,1-4H3. The summed E-state index contributed by atoms with van der Waals surface area (Å²) in [6, 6.07) is -0.578. The first-order valence-electron chi connectivity index (χ1n) is 6.45. The normalized spacial score (nSPS) is 27.6. The number of nitrogens with zero attached hydrogens (tertiary/aromatic N) is 1. The molecule has 0 aromatic heterocycles. The number of rotatable bonds is 2. The summed E-state index contributed by atoms with van der Waals surface area (Å²) in [5.41, 5.74) is 5.73. The largest absolute Gasteiger partial charge is 0.391 e. The number of nitrogens with two attached hydrogens (primary N) is 1. The predicted octanol–water partition coefficient (Wildman–Crippen LogP) is 1.12. The molecule has 0 radical (unpaired) electrons. The Morgan fingerprint density at radius 2 is 1.88 bits per heavy atom. The van der Waals surface area contributed by atoms with E-state index in [-0.39, 0.29) is 17.4 Å². The van der Waals surface area contributed by atoms with Gasteiger partial charge in [-0.2, -0.15) is 0 Å². The van der Waals surface area contributed by atoms with Crippen molar-refractivity contribution in [2.75, 3.05) is 7.05 Å². The van der Waals surface area contributed by atoms with Crippen molar-refractivity contribution in [3.8, 4) is 0 Å². The summed E-state index contributed by atoms with van der Waals surface area (Å²) < 4.78 is 0. The van der Waals surface area contributed by atoms with E-state index in [2.05, 4.69) is 0 Å². The van der Waals surface area contributed by atoms with Gasteiger partial charge in [0.15, 0.2) is 0 Å². The summed E-state index contributed by atoms with van der Waals surface area (Å²) in [6.45, 7) is 5.88. The van der Waals surface area contributed by atoms with Crippen LogP contribution < -0.4 is 5.73 Å². The average Bonchev–Trinajstić information content (AvgIpc) is 2.25. The molecule has 1 fully saturated rings. The van der Waals surface area contributed by atoms with Crippen LogP contribution in [0.1, 0.15) is 46.5 Å². The molecule has 3 unspecified atom stereocenters. The highest BCUT2D eigenvalue weighted by Gasteiger charge is 2.35. The molecule has 1 rings (SSSR count). The van der Waals surface area contributed by atoms with Crippen LogP contribution in [0.5, 0.6) is 0 Å². The van der Waals surface area contributed by atoms with E-state index in [1.165, 1.54) is 0 Å². The fourth-order valence-corrected chi connectivity index (χ4v) is 2.30. The van der Waals surface area contributed by atoms with E-state index in [1.807, 2.05) is 20.8 Å². The number of aliphatic hydroxyl groups is 1. The fourth-order valence-electron chi connectivity index (χ4n) is 2.30. The topological polar surface area (TPSA) is 66.6 Å². The van der Waals surface area contributed by atoms with Gasteiger partial charge in [-0.15, -0.1) is 0 Å². The van der Waals surface area contributed by atoms with E-state index in [4.69, 9.17) is 5.73 Å². The van der Waals surface area contributed by atoms with Crippen LogP contribution in [0.15, 0.2) is 0 Å². The van der Waals surface area contributed by atoms with E-state index in [0.29, 0.717) is 0 Å². The quantitative estimate of drug-likeness (QED) is 0.762. The molecule has 3 N–H and O–H groups in total. The summed E-state index contributed by atoms with van der Waals surface area (Å²) in [5.74, 6) is -0.0662. The molecule has 0 spiro atoms. The molecule has 0 bridgehead atoms. The maximum atomic E-state index is 12.2. The van der Waals surface area contributed by atoms with Crippen LogP contribution in [0.3, 0.4) is 0 Å². The first-order chi connectivity index (χ1) is 7.75. The molecule has 0 aromatic rings. The SMILES string of the molecule is CN(C(=O)C(N)C(C)(C)C)C1CCCCC1O. The lowest BCUT2D eigenvalue weighted by atomic mass is 9.85. The lowest BCUT2D eigenvalue weighted by Gasteiger charge is -2.38. The van der Waals surface area contributed by atoms with E-state index in [1.54, 1.807) is 11.9 Å². The van der Waals surface area contributed by atoms with Crippen molar-refractivity contribution in [2.24, 2.45) is 11.1 Å². The van der Waals surface area contributed by atoms with Crippen LogP contribution in [0.2, 0.25) is 0 Å². The lowest BCUT2D eigenvalue weighted by Crippen LogP contribution is -2.55. The third-order valence-corrected chi connectivity index (χ3v) is 3.74. The zero-order valence-electron chi connectivity index (χ0n) is 11.4. The summed E-state index contributed by atoms with van der Waals surface area (Å²) >= 11 is 0. The zero-order valence-corrected chi connectivity index (χ0v) is 11.4. The fraction of sp³-hybridized carbons (Fsp3) is 0.923. The maximum Gasteiger partial charge on any atom is 0.240 e. The Bertz CT molecular complexity index is 273. The highest BCUT2D eigenvalue weighted by atomic mass is 16.3. The Hall–Kier alpha value is -0.610. The minimum atomic E-state index is -0.512. The van der Waals surface area contributed by atoms with Gasteiger partial charge in [0.25, 0.3) is 0 Å². The predicted molar refractivity (Wildman–Crippen MR) is 68.5 cm³/mol. The van der Waals surface area contributed by atoms with Gasteiger partial charge in [0.2, 0.25) is 5.91 Å². The van der Waals surface area contributed by atoms with Crippen molar-refractivity contribution < 1.29 is 9.90 Å². The molecule has 0 aromatic carbocycles. The van der Waals surface area contributed by atoms with E-state index < -0.39 is 12.1 Å². The minimum Gasteiger partial charge on any atom is -0.391 e. The maximum absolute atomic E-state index is 12.2. The summed E-state index contributed by atoms with van der Waals surface area (Å²) in [5, 5.41) is 9.94. The van der Waals surface area contributed by atoms with Crippen molar-refractivity contribution in [1.29, 1.82) is 0 Å². The van der Waals surface area contributed by atoms with Crippen molar-refractivity contribution in [3.05, 3.63) is 0 Å². The van der Waals surface area contributed by atoms with Crippen LogP contribution in [0.4, 0.5) is 0 Å². The zero-order chi connectivity index (χ0) is 13.2. The molecule has 4 heteroatoms. The lowest BCUT2D eigenvalue weighted by molar-refractivity contribution is -0.139. The average molecular weight is 242 g/mol. The second kappa shape index (κ2) is 5.36. The summed E-state index contributed by atoms with van der Waals surface area (Å²) in [4.78, 5) is 13.9. The number of carbonyl (C=O) groups is 1. The van der Waals surface area contributed by atoms with Crippen molar-refractivity contribution in [3.63, 3.8) is 0 Å². The van der Waals surface area contributed by atoms with E-state index in [0.717, 1.165) is 25.7 Å². The molecule has 1 saturated carbocycles. The van der Waals surface area contributed by atoms with E-state index in [9.17, 15) is 9.90 Å². The summed E-state index contributed by atoms with van der Waals surface area (Å²) in [7, 11) is 1.76. The molecule has 0 saturated heterocycles. The third-order valence-electron chi connectivity index (χ3n) is 3.74. The van der Waals surface area contributed by atoms with Gasteiger partial charge in [-0.1, -0.05) is 33.6 Å². The Balaban J connectivity index is 2.68. The molecular weight excluding hydrogens is 216 g/mol. The Kier molecular flexibility index (Phi) is 4.55. The molecule has 4 nitrogen and oxygen atoms in total. The second-order valence-corrected chi connectivity index (χ2v) is 6.21. The Morgan fingerprint density at radius 1 is 1.35 bits per heavy atom. The molecule has 100 valence electrons. The monoisotopic (exact) mass is 242 g/mol. The van der Waals surface area contributed by atoms with Crippen LogP contribution in [0.25, 0.3) is 0 Å². The van der Waals surface area contributed by atoms with Gasteiger partial charge in [0.05, 0.1) is 18.2 Å². The van der Waals surface area contributed by atoms with Crippen LogP contribution in [-0.2, 0) is 4.79 Å². The first kappa shape index (κ1) is 14.5. The molecule has 0 heterocycles. The second-order valence-electron chi connectivity index (χ2n) is 6.21. The highest BCUT2D eigenvalue weighted by Crippen LogP contribution is 2.25. The van der Waals surface area contributed by atoms with Gasteiger partial charge in [0, 0.05) is 7.05 Å². The highest BCUT2D eigenvalue weighted by molar-refractivity contribution is 5.82. The van der Waals surface area contributed by atoms with Gasteiger partial charge in [-0.05, 0) is 18.3 Å². The number of aliphatic hydroxyl groups excluding tert-OH is 1. The van der Waals surface area contributed by atoms with Gasteiger partial charge in [-0.25, -0.2) is 0 Å². The van der Waals surface area contributed by atoms with Crippen molar-refractivity contribution >= 4 is 5.91 Å². The minimum absolute atomic E-state index is 0.0651.